The van der Waals surface area contributed by atoms with Crippen molar-refractivity contribution >= 4 is 95.4 Å². The van der Waals surface area contributed by atoms with E-state index in [-0.39, 0.29) is 29.0 Å². The van der Waals surface area contributed by atoms with Gasteiger partial charge in [0.25, 0.3) is 0 Å². The molecule has 0 saturated carbocycles. The summed E-state index contributed by atoms with van der Waals surface area (Å²) in [7, 11) is 0. The van der Waals surface area contributed by atoms with E-state index < -0.39 is 0 Å². The molecule has 6 aromatic carbocycles. The van der Waals surface area contributed by atoms with Gasteiger partial charge in [0.15, 0.2) is 0 Å². The number of hydrogen-bond donors (Lipinski definition) is 0. The second-order valence-corrected chi connectivity index (χ2v) is 13.8. The predicted molar refractivity (Wildman–Crippen MR) is 163 cm³/mol. The van der Waals surface area contributed by atoms with Crippen LogP contribution in [0.4, 0.5) is 17.1 Å². The van der Waals surface area contributed by atoms with Crippen molar-refractivity contribution in [3.8, 4) is 0 Å². The second-order valence-electron chi connectivity index (χ2n) is 9.37. The molecule has 0 aliphatic heterocycles. The van der Waals surface area contributed by atoms with Crippen molar-refractivity contribution in [1.29, 1.82) is 0 Å². The molecule has 0 aliphatic rings. The van der Waals surface area contributed by atoms with E-state index in [0.717, 1.165) is 0 Å². The summed E-state index contributed by atoms with van der Waals surface area (Å²) >= 11 is 0.564. The molecule has 8 aromatic rings. The standard InChI is InChI=1S/C34H21NSe2/c1-2-10-23(11-3-1)35(30-15-8-14-28-26-13-6-7-16-31(26)36-34(28)30)24-18-20-27-29-19-17-22-9-4-5-12-25(22)33(29)37-32(27)21-24/h1-21H. The first-order valence-electron chi connectivity index (χ1n) is 12.4. The van der Waals surface area contributed by atoms with E-state index in [1.807, 2.05) is 0 Å². The Balaban J connectivity index is 1.40. The van der Waals surface area contributed by atoms with Gasteiger partial charge in [-0.15, -0.1) is 0 Å². The number of hydrogen-bond acceptors (Lipinski definition) is 1. The summed E-state index contributed by atoms with van der Waals surface area (Å²) in [6.45, 7) is 0. The molecule has 3 heteroatoms. The van der Waals surface area contributed by atoms with Gasteiger partial charge in [-0.2, -0.15) is 0 Å². The number of rotatable bonds is 3. The van der Waals surface area contributed by atoms with Gasteiger partial charge in [0.2, 0.25) is 0 Å². The normalized spacial score (nSPS) is 11.8. The van der Waals surface area contributed by atoms with Crippen LogP contribution in [0.1, 0.15) is 0 Å². The number of fused-ring (bicyclic) bond motifs is 8. The zero-order valence-electron chi connectivity index (χ0n) is 19.9. The van der Waals surface area contributed by atoms with Gasteiger partial charge in [-0.3, -0.25) is 0 Å². The first-order valence-corrected chi connectivity index (χ1v) is 15.9. The van der Waals surface area contributed by atoms with Crippen LogP contribution in [0.25, 0.3) is 49.4 Å². The fourth-order valence-corrected chi connectivity index (χ4v) is 10.7. The van der Waals surface area contributed by atoms with Crippen molar-refractivity contribution in [1.82, 2.24) is 0 Å². The van der Waals surface area contributed by atoms with E-state index in [1.54, 1.807) is 0 Å². The fraction of sp³-hybridized carbons (Fsp3) is 0. The Kier molecular flexibility index (Phi) is 4.93. The second kappa shape index (κ2) is 8.48. The Morgan fingerprint density at radius 3 is 2.00 bits per heavy atom. The van der Waals surface area contributed by atoms with Crippen LogP contribution in [0.15, 0.2) is 127 Å². The van der Waals surface area contributed by atoms with E-state index in [4.69, 9.17) is 0 Å². The maximum atomic E-state index is 2.48. The van der Waals surface area contributed by atoms with Gasteiger partial charge in [0.1, 0.15) is 0 Å². The molecule has 1 nitrogen and oxygen atoms in total. The predicted octanol–water partition coefficient (Wildman–Crippen LogP) is 9.04. The molecule has 8 rings (SSSR count). The number of para-hydroxylation sites is 1. The molecule has 2 heterocycles. The molecule has 0 saturated heterocycles. The molecule has 0 N–H and O–H groups in total. The first kappa shape index (κ1) is 21.5. The molecule has 0 spiro atoms. The summed E-state index contributed by atoms with van der Waals surface area (Å²) < 4.78 is 5.94. The minimum absolute atomic E-state index is 0.280. The van der Waals surface area contributed by atoms with Crippen molar-refractivity contribution in [3.05, 3.63) is 127 Å². The van der Waals surface area contributed by atoms with E-state index in [9.17, 15) is 0 Å². The molecule has 0 radical (unpaired) electrons. The zero-order chi connectivity index (χ0) is 24.3. The number of benzene rings is 6. The molecular formula is C34H21NSe2. The Labute approximate surface area is 226 Å². The van der Waals surface area contributed by atoms with Crippen molar-refractivity contribution in [2.24, 2.45) is 0 Å². The van der Waals surface area contributed by atoms with Crippen LogP contribution in [0, 0.1) is 0 Å². The summed E-state index contributed by atoms with van der Waals surface area (Å²) in [5.41, 5.74) is 3.74. The third kappa shape index (κ3) is 3.36. The van der Waals surface area contributed by atoms with Crippen LogP contribution in [-0.4, -0.2) is 29.0 Å². The molecule has 0 atom stereocenters. The monoisotopic (exact) mass is 603 g/mol. The molecule has 0 amide bonds. The summed E-state index contributed by atoms with van der Waals surface area (Å²) in [6, 6.07) is 47.1. The Morgan fingerprint density at radius 1 is 0.405 bits per heavy atom. The van der Waals surface area contributed by atoms with Crippen molar-refractivity contribution in [2.75, 3.05) is 4.90 Å². The average Bonchev–Trinajstić information content (AvgIpc) is 3.53. The molecule has 0 aliphatic carbocycles. The third-order valence-electron chi connectivity index (χ3n) is 7.24. The van der Waals surface area contributed by atoms with Gasteiger partial charge < -0.3 is 0 Å². The van der Waals surface area contributed by atoms with Gasteiger partial charge in [0, 0.05) is 0 Å². The van der Waals surface area contributed by atoms with Gasteiger partial charge >= 0.3 is 228 Å². The van der Waals surface area contributed by atoms with Crippen LogP contribution in [-0.2, 0) is 0 Å². The van der Waals surface area contributed by atoms with Gasteiger partial charge in [-0.05, 0) is 0 Å². The molecule has 0 fully saturated rings. The number of nitrogens with zero attached hydrogens (tertiary/aromatic N) is 1. The van der Waals surface area contributed by atoms with Crippen LogP contribution in [0.3, 0.4) is 0 Å². The molecular weight excluding hydrogens is 580 g/mol. The zero-order valence-corrected chi connectivity index (χ0v) is 23.3. The summed E-state index contributed by atoms with van der Waals surface area (Å²) in [4.78, 5) is 2.48. The maximum absolute atomic E-state index is 2.48. The minimum atomic E-state index is 0.280. The summed E-state index contributed by atoms with van der Waals surface area (Å²) in [5, 5.41) is 8.33. The Hall–Kier alpha value is -3.58. The van der Waals surface area contributed by atoms with Crippen molar-refractivity contribution in [3.63, 3.8) is 0 Å². The van der Waals surface area contributed by atoms with E-state index in [0.29, 0.717) is 0 Å². The van der Waals surface area contributed by atoms with Crippen molar-refractivity contribution in [2.45, 2.75) is 0 Å². The summed E-state index contributed by atoms with van der Waals surface area (Å²) in [5.74, 6) is 0. The van der Waals surface area contributed by atoms with E-state index in [2.05, 4.69) is 132 Å². The topological polar surface area (TPSA) is 3.24 Å². The van der Waals surface area contributed by atoms with E-state index in [1.165, 1.54) is 66.4 Å². The first-order chi connectivity index (χ1) is 18.3. The SMILES string of the molecule is c1ccc(N(c2ccc3c(c2)[se]c2c4ccccc4ccc32)c2cccc3c2[se]c2ccccc23)cc1. The number of anilines is 3. The van der Waals surface area contributed by atoms with Crippen molar-refractivity contribution < 1.29 is 0 Å². The van der Waals surface area contributed by atoms with Gasteiger partial charge in [-0.1, -0.05) is 0 Å². The fourth-order valence-electron chi connectivity index (χ4n) is 5.54. The average molecular weight is 601 g/mol. The van der Waals surface area contributed by atoms with Crippen LogP contribution >= 0.6 is 0 Å². The van der Waals surface area contributed by atoms with Crippen LogP contribution in [0.5, 0.6) is 0 Å². The Bertz CT molecular complexity index is 2100. The summed E-state index contributed by atoms with van der Waals surface area (Å²) in [6.07, 6.45) is 0. The molecule has 174 valence electrons. The van der Waals surface area contributed by atoms with Gasteiger partial charge in [0.05, 0.1) is 0 Å². The molecule has 2 aromatic heterocycles. The molecule has 37 heavy (non-hydrogen) atoms. The quantitative estimate of drug-likeness (QED) is 0.183. The third-order valence-corrected chi connectivity index (χ3v) is 12.3. The van der Waals surface area contributed by atoms with Crippen LogP contribution in [0.2, 0.25) is 0 Å². The Morgan fingerprint density at radius 2 is 1.08 bits per heavy atom. The van der Waals surface area contributed by atoms with E-state index >= 15 is 0 Å². The van der Waals surface area contributed by atoms with Gasteiger partial charge in [-0.25, -0.2) is 0 Å². The molecule has 0 bridgehead atoms. The van der Waals surface area contributed by atoms with Crippen LogP contribution < -0.4 is 4.90 Å². The molecule has 0 unspecified atom stereocenters.